The zero-order valence-electron chi connectivity index (χ0n) is 5.99. The monoisotopic (exact) mass is 164 g/mol. The van der Waals surface area contributed by atoms with Crippen LogP contribution in [-0.2, 0) is 10.5 Å². The summed E-state index contributed by atoms with van der Waals surface area (Å²) in [5.74, 6) is 2.57. The van der Waals surface area contributed by atoms with E-state index in [1.165, 1.54) is 22.7 Å². The van der Waals surface area contributed by atoms with Crippen LogP contribution in [0.15, 0.2) is 35.7 Å². The van der Waals surface area contributed by atoms with Gasteiger partial charge in [-0.1, -0.05) is 30.3 Å². The maximum Gasteiger partial charge on any atom is 0.131 e. The van der Waals surface area contributed by atoms with Crippen molar-refractivity contribution in [3.05, 3.63) is 41.3 Å². The highest BCUT2D eigenvalue weighted by Crippen LogP contribution is 2.10. The molecule has 0 bridgehead atoms. The van der Waals surface area contributed by atoms with E-state index in [2.05, 4.69) is 0 Å². The first kappa shape index (κ1) is 8.12. The van der Waals surface area contributed by atoms with Gasteiger partial charge < -0.3 is 0 Å². The second kappa shape index (κ2) is 4.78. The third kappa shape index (κ3) is 3.08. The Balaban J connectivity index is 2.45. The van der Waals surface area contributed by atoms with E-state index in [0.717, 1.165) is 5.75 Å². The van der Waals surface area contributed by atoms with Crippen molar-refractivity contribution in [1.29, 1.82) is 0 Å². The van der Waals surface area contributed by atoms with Gasteiger partial charge in [-0.3, -0.25) is 0 Å². The van der Waals surface area contributed by atoms with E-state index in [1.54, 1.807) is 5.94 Å². The second-order valence-electron chi connectivity index (χ2n) is 2.03. The molecule has 0 heterocycles. The molecule has 56 valence electrons. The summed E-state index contributed by atoms with van der Waals surface area (Å²) in [6.45, 7) is 0. The summed E-state index contributed by atoms with van der Waals surface area (Å²) in [6, 6.07) is 10.0. The number of hydrogen-bond donors (Lipinski definition) is 0. The topological polar surface area (TPSA) is 17.1 Å². The molecule has 11 heavy (non-hydrogen) atoms. The molecular formula is C9H8OS. The van der Waals surface area contributed by atoms with Crippen LogP contribution in [0, 0.1) is 0 Å². The number of benzene rings is 1. The summed E-state index contributed by atoms with van der Waals surface area (Å²) in [7, 11) is 0. The van der Waals surface area contributed by atoms with Gasteiger partial charge in [0.15, 0.2) is 0 Å². The Labute approximate surface area is 70.1 Å². The first-order valence-corrected chi connectivity index (χ1v) is 4.33. The molecule has 0 saturated carbocycles. The Kier molecular flexibility index (Phi) is 3.53. The molecule has 0 saturated heterocycles. The van der Waals surface area contributed by atoms with E-state index in [4.69, 9.17) is 0 Å². The molecule has 0 aliphatic rings. The van der Waals surface area contributed by atoms with Crippen molar-refractivity contribution >= 4 is 17.7 Å². The lowest BCUT2D eigenvalue weighted by Gasteiger charge is -1.93. The Bertz CT molecular complexity index is 250. The van der Waals surface area contributed by atoms with Crippen molar-refractivity contribution in [3.8, 4) is 0 Å². The van der Waals surface area contributed by atoms with Crippen molar-refractivity contribution in [2.24, 2.45) is 0 Å². The number of rotatable bonds is 3. The number of hydrogen-bond acceptors (Lipinski definition) is 2. The fourth-order valence-electron chi connectivity index (χ4n) is 0.746. The van der Waals surface area contributed by atoms with Gasteiger partial charge in [-0.15, -0.1) is 11.8 Å². The summed E-state index contributed by atoms with van der Waals surface area (Å²) in [5.41, 5.74) is 1.23. The van der Waals surface area contributed by atoms with Gasteiger partial charge in [0, 0.05) is 5.75 Å². The van der Waals surface area contributed by atoms with Crippen LogP contribution >= 0.6 is 11.8 Å². The van der Waals surface area contributed by atoms with Crippen LogP contribution < -0.4 is 0 Å². The highest BCUT2D eigenvalue weighted by Gasteiger charge is 1.87. The van der Waals surface area contributed by atoms with Gasteiger partial charge in [0.2, 0.25) is 0 Å². The molecule has 0 fully saturated rings. The third-order valence-electron chi connectivity index (χ3n) is 1.22. The average molecular weight is 164 g/mol. The van der Waals surface area contributed by atoms with E-state index in [1.807, 2.05) is 30.3 Å². The highest BCUT2D eigenvalue weighted by atomic mass is 32.2. The van der Waals surface area contributed by atoms with E-state index in [9.17, 15) is 4.79 Å². The van der Waals surface area contributed by atoms with Crippen molar-refractivity contribution in [1.82, 2.24) is 0 Å². The van der Waals surface area contributed by atoms with Crippen LogP contribution in [0.2, 0.25) is 0 Å². The molecule has 0 atom stereocenters. The molecule has 0 radical (unpaired) electrons. The van der Waals surface area contributed by atoms with Gasteiger partial charge in [-0.05, 0) is 5.56 Å². The smallest absolute Gasteiger partial charge is 0.131 e. The summed E-state index contributed by atoms with van der Waals surface area (Å²) >= 11 is 1.46. The van der Waals surface area contributed by atoms with Gasteiger partial charge in [-0.25, -0.2) is 4.79 Å². The van der Waals surface area contributed by atoms with E-state index < -0.39 is 0 Å². The number of thioether (sulfide) groups is 1. The fraction of sp³-hybridized carbons (Fsp3) is 0.111. The Hall–Kier alpha value is -0.980. The predicted octanol–water partition coefficient (Wildman–Crippen LogP) is 2.27. The molecular weight excluding hydrogens is 156 g/mol. The normalized spacial score (nSPS) is 8.73. The SMILES string of the molecule is O=C=CSCc1ccccc1. The maximum atomic E-state index is 9.79. The highest BCUT2D eigenvalue weighted by molar-refractivity contribution is 8.01. The summed E-state index contributed by atoms with van der Waals surface area (Å²) in [6.07, 6.45) is 0. The van der Waals surface area contributed by atoms with Crippen LogP contribution in [0.5, 0.6) is 0 Å². The van der Waals surface area contributed by atoms with E-state index in [-0.39, 0.29) is 0 Å². The summed E-state index contributed by atoms with van der Waals surface area (Å²) in [5, 5.41) is 1.44. The van der Waals surface area contributed by atoms with Gasteiger partial charge >= 0.3 is 0 Å². The Morgan fingerprint density at radius 3 is 2.73 bits per heavy atom. The molecule has 1 rings (SSSR count). The molecule has 0 amide bonds. The van der Waals surface area contributed by atoms with Crippen molar-refractivity contribution in [3.63, 3.8) is 0 Å². The molecule has 1 aromatic rings. The minimum Gasteiger partial charge on any atom is -0.233 e. The second-order valence-corrected chi connectivity index (χ2v) is 2.89. The molecule has 0 unspecified atom stereocenters. The maximum absolute atomic E-state index is 9.79. The van der Waals surface area contributed by atoms with Crippen molar-refractivity contribution in [2.75, 3.05) is 0 Å². The molecule has 0 aliphatic heterocycles. The lowest BCUT2D eigenvalue weighted by atomic mass is 10.2. The minimum atomic E-state index is 0.843. The lowest BCUT2D eigenvalue weighted by molar-refractivity contribution is 0.569. The van der Waals surface area contributed by atoms with Crippen LogP contribution in [-0.4, -0.2) is 5.94 Å². The summed E-state index contributed by atoms with van der Waals surface area (Å²) in [4.78, 5) is 9.79. The molecule has 1 nitrogen and oxygen atoms in total. The van der Waals surface area contributed by atoms with Crippen molar-refractivity contribution < 1.29 is 4.79 Å². The van der Waals surface area contributed by atoms with Gasteiger partial charge in [-0.2, -0.15) is 0 Å². The van der Waals surface area contributed by atoms with Crippen LogP contribution in [0.1, 0.15) is 5.56 Å². The molecule has 1 aromatic carbocycles. The largest absolute Gasteiger partial charge is 0.233 e. The molecule has 2 heteroatoms. The standard InChI is InChI=1S/C9H8OS/c10-6-7-11-8-9-4-2-1-3-5-9/h1-5,7H,8H2. The predicted molar refractivity (Wildman–Crippen MR) is 48.0 cm³/mol. The minimum absolute atomic E-state index is 0.843. The zero-order chi connectivity index (χ0) is 7.94. The number of carbonyl (C=O) groups excluding carboxylic acids is 1. The zero-order valence-corrected chi connectivity index (χ0v) is 6.80. The van der Waals surface area contributed by atoms with Crippen LogP contribution in [0.4, 0.5) is 0 Å². The van der Waals surface area contributed by atoms with Crippen LogP contribution in [0.25, 0.3) is 0 Å². The van der Waals surface area contributed by atoms with Crippen molar-refractivity contribution in [2.45, 2.75) is 5.75 Å². The third-order valence-corrected chi connectivity index (χ3v) is 1.99. The summed E-state index contributed by atoms with van der Waals surface area (Å²) < 4.78 is 0. The average Bonchev–Trinajstić information content (AvgIpc) is 2.07. The first-order chi connectivity index (χ1) is 5.43. The van der Waals surface area contributed by atoms with Gasteiger partial charge in [0.1, 0.15) is 5.94 Å². The van der Waals surface area contributed by atoms with E-state index in [0.29, 0.717) is 0 Å². The quantitative estimate of drug-likeness (QED) is 0.637. The molecule has 0 spiro atoms. The Morgan fingerprint density at radius 1 is 1.36 bits per heavy atom. The molecule has 0 N–H and O–H groups in total. The van der Waals surface area contributed by atoms with Gasteiger partial charge in [0.05, 0.1) is 5.41 Å². The first-order valence-electron chi connectivity index (χ1n) is 3.28. The van der Waals surface area contributed by atoms with Gasteiger partial charge in [0.25, 0.3) is 0 Å². The molecule has 0 aromatic heterocycles. The fourth-order valence-corrected chi connectivity index (χ4v) is 1.28. The van der Waals surface area contributed by atoms with Crippen LogP contribution in [0.3, 0.4) is 0 Å². The molecule has 0 aliphatic carbocycles. The Morgan fingerprint density at radius 2 is 2.09 bits per heavy atom. The van der Waals surface area contributed by atoms with E-state index >= 15 is 0 Å². The lowest BCUT2D eigenvalue weighted by Crippen LogP contribution is -1.75.